The molecular formula is C11H14N5O4. The van der Waals surface area contributed by atoms with Gasteiger partial charge in [0.2, 0.25) is 5.95 Å². The topological polar surface area (TPSA) is 139 Å². The first-order chi connectivity index (χ1) is 9.52. The molecule has 1 radical (unpaired) electrons. The first kappa shape index (κ1) is 13.0. The van der Waals surface area contributed by atoms with E-state index in [-0.39, 0.29) is 17.1 Å². The van der Waals surface area contributed by atoms with Crippen molar-refractivity contribution in [3.8, 4) is 0 Å². The minimum absolute atomic E-state index is 0.0594. The number of nitrogens with zero attached hydrogens (tertiary/aromatic N) is 3. The van der Waals surface area contributed by atoms with E-state index in [1.807, 2.05) is 0 Å². The summed E-state index contributed by atoms with van der Waals surface area (Å²) in [4.78, 5) is 21.9. The Morgan fingerprint density at radius 1 is 1.50 bits per heavy atom. The van der Waals surface area contributed by atoms with Gasteiger partial charge in [0.25, 0.3) is 5.56 Å². The fraction of sp³-hybridized carbons (Fsp3) is 0.455. The number of anilines is 1. The molecular weight excluding hydrogens is 266 g/mol. The number of hydrogen-bond donors (Lipinski definition) is 4. The molecule has 9 nitrogen and oxygen atoms in total. The van der Waals surface area contributed by atoms with E-state index in [0.717, 1.165) is 0 Å². The lowest BCUT2D eigenvalue weighted by Crippen LogP contribution is -2.31. The van der Waals surface area contributed by atoms with Gasteiger partial charge in [-0.05, 0) is 6.42 Å². The van der Waals surface area contributed by atoms with Crippen LogP contribution in [0.5, 0.6) is 0 Å². The average Bonchev–Trinajstić information content (AvgIpc) is 2.93. The smallest absolute Gasteiger partial charge is 0.280 e. The van der Waals surface area contributed by atoms with E-state index in [1.165, 1.54) is 10.9 Å². The summed E-state index contributed by atoms with van der Waals surface area (Å²) < 4.78 is 6.93. The van der Waals surface area contributed by atoms with Crippen molar-refractivity contribution >= 4 is 17.1 Å². The highest BCUT2D eigenvalue weighted by Gasteiger charge is 2.43. The number of ether oxygens (including phenoxy) is 1. The van der Waals surface area contributed by atoms with Gasteiger partial charge in [-0.15, -0.1) is 0 Å². The summed E-state index contributed by atoms with van der Waals surface area (Å²) in [7, 11) is 0. The molecule has 2 aromatic heterocycles. The molecule has 3 rings (SSSR count). The summed E-state index contributed by atoms with van der Waals surface area (Å²) in [5.41, 5.74) is 5.31. The Labute approximate surface area is 113 Å². The average molecular weight is 280 g/mol. The van der Waals surface area contributed by atoms with Gasteiger partial charge in [0.05, 0.1) is 12.4 Å². The number of aliphatic hydroxyl groups is 2. The fourth-order valence-corrected chi connectivity index (χ4v) is 2.32. The third-order valence-electron chi connectivity index (χ3n) is 3.33. The second kappa shape index (κ2) is 4.54. The molecule has 1 aliphatic rings. The van der Waals surface area contributed by atoms with Crippen molar-refractivity contribution in [1.29, 1.82) is 0 Å². The number of aromatic amines is 1. The van der Waals surface area contributed by atoms with Crippen LogP contribution in [0.4, 0.5) is 5.95 Å². The van der Waals surface area contributed by atoms with Gasteiger partial charge in [-0.3, -0.25) is 14.3 Å². The summed E-state index contributed by atoms with van der Waals surface area (Å²) in [6.45, 7) is 1.72. The van der Waals surface area contributed by atoms with Gasteiger partial charge in [-0.2, -0.15) is 4.98 Å². The number of rotatable bonds is 2. The molecule has 4 atom stereocenters. The number of nitrogen functional groups attached to an aromatic ring is 1. The predicted octanol–water partition coefficient (Wildman–Crippen LogP) is -1.45. The quantitative estimate of drug-likeness (QED) is 0.527. The van der Waals surface area contributed by atoms with E-state index in [1.54, 1.807) is 13.3 Å². The zero-order valence-electron chi connectivity index (χ0n) is 10.6. The first-order valence-corrected chi connectivity index (χ1v) is 6.06. The minimum Gasteiger partial charge on any atom is -0.388 e. The van der Waals surface area contributed by atoms with Crippen LogP contribution in [-0.2, 0) is 4.74 Å². The van der Waals surface area contributed by atoms with E-state index in [4.69, 9.17) is 10.5 Å². The van der Waals surface area contributed by atoms with Crippen LogP contribution in [0.15, 0.2) is 11.1 Å². The molecule has 0 saturated carbocycles. The fourth-order valence-electron chi connectivity index (χ4n) is 2.32. The lowest BCUT2D eigenvalue weighted by Gasteiger charge is -2.16. The number of fused-ring (bicyclic) bond motifs is 1. The highest BCUT2D eigenvalue weighted by Crippen LogP contribution is 2.31. The lowest BCUT2D eigenvalue weighted by atomic mass is 10.1. The van der Waals surface area contributed by atoms with E-state index in [2.05, 4.69) is 15.0 Å². The number of H-pyrrole nitrogens is 1. The summed E-state index contributed by atoms with van der Waals surface area (Å²) >= 11 is 0. The zero-order valence-corrected chi connectivity index (χ0v) is 10.6. The summed E-state index contributed by atoms with van der Waals surface area (Å²) in [6.07, 6.45) is -0.735. The number of nitrogens with two attached hydrogens (primary N) is 1. The number of imidazole rings is 1. The lowest BCUT2D eigenvalue weighted by molar-refractivity contribution is -0.0270. The summed E-state index contributed by atoms with van der Waals surface area (Å²) in [6, 6.07) is 0. The van der Waals surface area contributed by atoms with Crippen molar-refractivity contribution < 1.29 is 14.9 Å². The molecule has 107 valence electrons. The van der Waals surface area contributed by atoms with Gasteiger partial charge in [0.1, 0.15) is 12.2 Å². The first-order valence-electron chi connectivity index (χ1n) is 6.06. The van der Waals surface area contributed by atoms with Crippen LogP contribution in [0.1, 0.15) is 13.2 Å². The molecule has 1 aliphatic heterocycles. The maximum atomic E-state index is 11.7. The van der Waals surface area contributed by atoms with E-state index in [9.17, 15) is 15.0 Å². The van der Waals surface area contributed by atoms with Gasteiger partial charge in [0.15, 0.2) is 17.4 Å². The standard InChI is InChI=1S/C11H14N5O4/c1-2-4-6(17)7(18)10(20-4)16-3-13-5-8(16)14-11(12)15-9(5)19/h2-4,6-7,10,17-18H,1H3,(H3,12,14,15,19)/t4-,6-,7-,10-/m1/s1. The van der Waals surface area contributed by atoms with Crippen LogP contribution in [-0.4, -0.2) is 48.0 Å². The predicted molar refractivity (Wildman–Crippen MR) is 68.5 cm³/mol. The Bertz CT molecular complexity index is 696. The second-order valence-electron chi connectivity index (χ2n) is 4.58. The van der Waals surface area contributed by atoms with Crippen molar-refractivity contribution in [3.05, 3.63) is 23.1 Å². The van der Waals surface area contributed by atoms with Crippen LogP contribution < -0.4 is 11.3 Å². The molecule has 2 aromatic rings. The van der Waals surface area contributed by atoms with Gasteiger partial charge < -0.3 is 20.7 Å². The Hall–Kier alpha value is -1.97. The highest BCUT2D eigenvalue weighted by atomic mass is 16.6. The monoisotopic (exact) mass is 280 g/mol. The number of aliphatic hydroxyl groups excluding tert-OH is 2. The number of aromatic nitrogens is 4. The number of nitrogens with one attached hydrogen (secondary N) is 1. The molecule has 9 heteroatoms. The van der Waals surface area contributed by atoms with Gasteiger partial charge in [-0.25, -0.2) is 4.98 Å². The third-order valence-corrected chi connectivity index (χ3v) is 3.33. The Morgan fingerprint density at radius 2 is 2.25 bits per heavy atom. The number of hydrogen-bond acceptors (Lipinski definition) is 7. The molecule has 0 bridgehead atoms. The van der Waals surface area contributed by atoms with E-state index in [0.29, 0.717) is 0 Å². The molecule has 3 heterocycles. The molecule has 0 amide bonds. The largest absolute Gasteiger partial charge is 0.388 e. The maximum Gasteiger partial charge on any atom is 0.280 e. The Morgan fingerprint density at radius 3 is 2.90 bits per heavy atom. The molecule has 0 spiro atoms. The van der Waals surface area contributed by atoms with Crippen molar-refractivity contribution in [2.45, 2.75) is 31.5 Å². The second-order valence-corrected chi connectivity index (χ2v) is 4.58. The SMILES string of the molecule is C[CH][C@H]1O[C@@H](n2cnc3c(=O)[nH]c(N)nc32)[C@H](O)[C@@H]1O. The van der Waals surface area contributed by atoms with E-state index >= 15 is 0 Å². The van der Waals surface area contributed by atoms with Gasteiger partial charge in [0, 0.05) is 0 Å². The zero-order chi connectivity index (χ0) is 14.4. The third kappa shape index (κ3) is 1.79. The summed E-state index contributed by atoms with van der Waals surface area (Å²) in [5, 5.41) is 19.9. The van der Waals surface area contributed by atoms with Crippen molar-refractivity contribution in [3.63, 3.8) is 0 Å². The molecule has 1 fully saturated rings. The minimum atomic E-state index is -1.16. The van der Waals surface area contributed by atoms with Crippen molar-refractivity contribution in [2.75, 3.05) is 5.73 Å². The molecule has 1 saturated heterocycles. The maximum absolute atomic E-state index is 11.7. The molecule has 0 unspecified atom stereocenters. The van der Waals surface area contributed by atoms with Crippen molar-refractivity contribution in [1.82, 2.24) is 19.5 Å². The normalized spacial score (nSPS) is 30.1. The van der Waals surface area contributed by atoms with Gasteiger partial charge in [-0.1, -0.05) is 6.92 Å². The van der Waals surface area contributed by atoms with Crippen LogP contribution in [0.2, 0.25) is 0 Å². The molecule has 0 aromatic carbocycles. The molecule has 0 aliphatic carbocycles. The highest BCUT2D eigenvalue weighted by molar-refractivity contribution is 5.70. The summed E-state index contributed by atoms with van der Waals surface area (Å²) in [5.74, 6) is -0.0594. The van der Waals surface area contributed by atoms with Gasteiger partial charge >= 0.3 is 0 Å². The molecule has 5 N–H and O–H groups in total. The van der Waals surface area contributed by atoms with Crippen LogP contribution in [0.3, 0.4) is 0 Å². The molecule has 20 heavy (non-hydrogen) atoms. The van der Waals surface area contributed by atoms with E-state index < -0.39 is 30.1 Å². The van der Waals surface area contributed by atoms with Crippen LogP contribution in [0, 0.1) is 6.42 Å². The van der Waals surface area contributed by atoms with Crippen molar-refractivity contribution in [2.24, 2.45) is 0 Å². The van der Waals surface area contributed by atoms with Crippen LogP contribution >= 0.6 is 0 Å². The Kier molecular flexibility index (Phi) is 2.96. The Balaban J connectivity index is 2.09. The van der Waals surface area contributed by atoms with Crippen LogP contribution in [0.25, 0.3) is 11.2 Å².